The molecule has 0 spiro atoms. The summed E-state index contributed by atoms with van der Waals surface area (Å²) in [6, 6.07) is 2.71. The Hall–Kier alpha value is -2.19. The van der Waals surface area contributed by atoms with E-state index in [-0.39, 0.29) is 17.5 Å². The van der Waals surface area contributed by atoms with Crippen LogP contribution in [0.3, 0.4) is 0 Å². The summed E-state index contributed by atoms with van der Waals surface area (Å²) < 4.78 is 15.1. The van der Waals surface area contributed by atoms with Crippen LogP contribution in [-0.2, 0) is 11.3 Å². The zero-order chi connectivity index (χ0) is 13.7. The molecule has 0 radical (unpaired) electrons. The Morgan fingerprint density at radius 3 is 3.05 bits per heavy atom. The van der Waals surface area contributed by atoms with Gasteiger partial charge in [0.15, 0.2) is 5.76 Å². The molecule has 0 aliphatic heterocycles. The van der Waals surface area contributed by atoms with Crippen molar-refractivity contribution >= 4 is 5.88 Å². The van der Waals surface area contributed by atoms with Crippen LogP contribution in [0.5, 0.6) is 0 Å². The van der Waals surface area contributed by atoms with Crippen LogP contribution in [0.2, 0.25) is 0 Å². The first kappa shape index (κ1) is 13.2. The van der Waals surface area contributed by atoms with Gasteiger partial charge < -0.3 is 18.9 Å². The second kappa shape index (κ2) is 6.12. The number of nitrogens with zero attached hydrogens (tertiary/aromatic N) is 2. The zero-order valence-corrected chi connectivity index (χ0v) is 10.3. The maximum atomic E-state index is 10.5. The van der Waals surface area contributed by atoms with Gasteiger partial charge in [0.25, 0.3) is 5.89 Å². The van der Waals surface area contributed by atoms with Crippen LogP contribution in [0.1, 0.15) is 5.69 Å². The molecule has 0 saturated heterocycles. The Bertz CT molecular complexity index is 548. The molecule has 1 N–H and O–H groups in total. The van der Waals surface area contributed by atoms with E-state index in [1.165, 1.54) is 18.4 Å². The van der Waals surface area contributed by atoms with Crippen molar-refractivity contribution in [1.29, 1.82) is 0 Å². The van der Waals surface area contributed by atoms with Crippen molar-refractivity contribution in [2.45, 2.75) is 6.54 Å². The molecule has 0 bridgehead atoms. The molecule has 8 heteroatoms. The molecule has 0 fully saturated rings. The molecule has 0 aliphatic carbocycles. The maximum absolute atomic E-state index is 10.5. The summed E-state index contributed by atoms with van der Waals surface area (Å²) in [6.07, 6.45) is 1.48. The van der Waals surface area contributed by atoms with Gasteiger partial charge in [-0.2, -0.15) is 0 Å². The third-order valence-electron chi connectivity index (χ3n) is 2.32. The number of furan rings is 1. The minimum Gasteiger partial charge on any atom is -0.442 e. The average Bonchev–Trinajstić information content (AvgIpc) is 3.03. The Kier molecular flexibility index (Phi) is 4.26. The van der Waals surface area contributed by atoms with Crippen LogP contribution in [0.15, 0.2) is 27.2 Å². The maximum Gasteiger partial charge on any atom is 0.433 e. The van der Waals surface area contributed by atoms with Crippen molar-refractivity contribution < 1.29 is 18.5 Å². The summed E-state index contributed by atoms with van der Waals surface area (Å²) >= 11 is 0. The van der Waals surface area contributed by atoms with Crippen molar-refractivity contribution in [3.8, 4) is 11.7 Å². The number of aromatic nitrogens is 1. The van der Waals surface area contributed by atoms with Crippen molar-refractivity contribution in [2.24, 2.45) is 0 Å². The molecule has 0 aromatic carbocycles. The first-order valence-electron chi connectivity index (χ1n) is 5.59. The normalized spacial score (nSPS) is 10.8. The molecule has 0 unspecified atom stereocenters. The van der Waals surface area contributed by atoms with Crippen LogP contribution < -0.4 is 5.32 Å². The highest BCUT2D eigenvalue weighted by Gasteiger charge is 2.16. The van der Waals surface area contributed by atoms with Crippen molar-refractivity contribution in [2.75, 3.05) is 20.3 Å². The van der Waals surface area contributed by atoms with Crippen LogP contribution >= 0.6 is 0 Å². The van der Waals surface area contributed by atoms with Crippen LogP contribution in [0.25, 0.3) is 11.7 Å². The molecule has 0 atom stereocenters. The molecule has 102 valence electrons. The fourth-order valence-electron chi connectivity index (χ4n) is 1.43. The number of oxazole rings is 1. The highest BCUT2D eigenvalue weighted by Crippen LogP contribution is 2.25. The molecule has 0 aliphatic rings. The number of hydrogen-bond acceptors (Lipinski definition) is 7. The van der Waals surface area contributed by atoms with Crippen LogP contribution in [0, 0.1) is 10.1 Å². The second-order valence-electron chi connectivity index (χ2n) is 3.71. The van der Waals surface area contributed by atoms with Gasteiger partial charge in [0, 0.05) is 20.2 Å². The fraction of sp³-hybridized carbons (Fsp3) is 0.364. The minimum atomic E-state index is -0.611. The Morgan fingerprint density at radius 2 is 2.37 bits per heavy atom. The highest BCUT2D eigenvalue weighted by atomic mass is 16.6. The smallest absolute Gasteiger partial charge is 0.433 e. The lowest BCUT2D eigenvalue weighted by Gasteiger charge is -1.99. The van der Waals surface area contributed by atoms with Crippen molar-refractivity contribution in [1.82, 2.24) is 10.3 Å². The molecule has 2 aromatic rings. The SMILES string of the molecule is COCCNCc1coc(-c2ccc([N+](=O)[O-])o2)n1. The Balaban J connectivity index is 1.97. The van der Waals surface area contributed by atoms with Gasteiger partial charge in [-0.3, -0.25) is 10.1 Å². The predicted molar refractivity (Wildman–Crippen MR) is 64.4 cm³/mol. The molecule has 0 saturated carbocycles. The van der Waals surface area contributed by atoms with Gasteiger partial charge in [-0.05, 0) is 6.07 Å². The van der Waals surface area contributed by atoms with E-state index >= 15 is 0 Å². The summed E-state index contributed by atoms with van der Waals surface area (Å²) in [7, 11) is 1.62. The minimum absolute atomic E-state index is 0.219. The molecule has 2 heterocycles. The van der Waals surface area contributed by atoms with E-state index < -0.39 is 4.92 Å². The lowest BCUT2D eigenvalue weighted by Crippen LogP contribution is -2.18. The van der Waals surface area contributed by atoms with Gasteiger partial charge in [0.1, 0.15) is 11.2 Å². The standard InChI is InChI=1S/C11H13N3O5/c1-17-5-4-12-6-8-7-18-11(13-8)9-2-3-10(19-9)14(15)16/h2-3,7,12H,4-6H2,1H3. The quantitative estimate of drug-likeness (QED) is 0.461. The molecule has 19 heavy (non-hydrogen) atoms. The van der Waals surface area contributed by atoms with Crippen molar-refractivity contribution in [3.05, 3.63) is 34.2 Å². The number of nitrogens with one attached hydrogen (secondary N) is 1. The monoisotopic (exact) mass is 267 g/mol. The lowest BCUT2D eigenvalue weighted by molar-refractivity contribution is -0.401. The van der Waals surface area contributed by atoms with Gasteiger partial charge >= 0.3 is 5.88 Å². The summed E-state index contributed by atoms with van der Waals surface area (Å²) in [5.74, 6) is 0.111. The topological polar surface area (TPSA) is 104 Å². The van der Waals surface area contributed by atoms with Gasteiger partial charge in [0.05, 0.1) is 18.4 Å². The first-order chi connectivity index (χ1) is 9.20. The van der Waals surface area contributed by atoms with E-state index in [1.54, 1.807) is 7.11 Å². The van der Waals surface area contributed by atoms with E-state index in [0.29, 0.717) is 25.4 Å². The summed E-state index contributed by atoms with van der Waals surface area (Å²) in [5.41, 5.74) is 0.685. The van der Waals surface area contributed by atoms with E-state index in [1.807, 2.05) is 0 Å². The predicted octanol–water partition coefficient (Wildman–Crippen LogP) is 1.58. The first-order valence-corrected chi connectivity index (χ1v) is 5.59. The van der Waals surface area contributed by atoms with Gasteiger partial charge in [-0.15, -0.1) is 0 Å². The van der Waals surface area contributed by atoms with Gasteiger partial charge in [0.2, 0.25) is 0 Å². The van der Waals surface area contributed by atoms with Gasteiger partial charge in [-0.1, -0.05) is 0 Å². The Labute approximate surface area is 108 Å². The van der Waals surface area contributed by atoms with Gasteiger partial charge in [-0.25, -0.2) is 4.98 Å². The number of methoxy groups -OCH3 is 1. The number of ether oxygens (including phenoxy) is 1. The van der Waals surface area contributed by atoms with Crippen molar-refractivity contribution in [3.63, 3.8) is 0 Å². The molecular formula is C11H13N3O5. The van der Waals surface area contributed by atoms with E-state index in [2.05, 4.69) is 10.3 Å². The van der Waals surface area contributed by atoms with E-state index in [4.69, 9.17) is 13.6 Å². The zero-order valence-electron chi connectivity index (χ0n) is 10.3. The second-order valence-corrected chi connectivity index (χ2v) is 3.71. The van der Waals surface area contributed by atoms with E-state index in [0.717, 1.165) is 0 Å². The molecular weight excluding hydrogens is 254 g/mol. The number of hydrogen-bond donors (Lipinski definition) is 1. The van der Waals surface area contributed by atoms with Crippen LogP contribution in [0.4, 0.5) is 5.88 Å². The molecule has 0 amide bonds. The lowest BCUT2D eigenvalue weighted by atomic mass is 10.4. The largest absolute Gasteiger partial charge is 0.442 e. The summed E-state index contributed by atoms with van der Waals surface area (Å²) in [4.78, 5) is 14.0. The molecule has 2 aromatic heterocycles. The fourth-order valence-corrected chi connectivity index (χ4v) is 1.43. The highest BCUT2D eigenvalue weighted by molar-refractivity contribution is 5.46. The average molecular weight is 267 g/mol. The van der Waals surface area contributed by atoms with Crippen LogP contribution in [-0.4, -0.2) is 30.2 Å². The number of rotatable bonds is 7. The summed E-state index contributed by atoms with van der Waals surface area (Å²) in [5, 5.41) is 13.6. The summed E-state index contributed by atoms with van der Waals surface area (Å²) in [6.45, 7) is 1.83. The third kappa shape index (κ3) is 3.39. The molecule has 2 rings (SSSR count). The third-order valence-corrected chi connectivity index (χ3v) is 2.32. The Morgan fingerprint density at radius 1 is 1.53 bits per heavy atom. The number of nitro groups is 1. The van der Waals surface area contributed by atoms with E-state index in [9.17, 15) is 10.1 Å². The molecule has 8 nitrogen and oxygen atoms in total.